The smallest absolute Gasteiger partial charge is 0.408 e. The molecule has 0 spiro atoms. The lowest BCUT2D eigenvalue weighted by atomic mass is 9.85. The van der Waals surface area contributed by atoms with Crippen molar-refractivity contribution in [3.63, 3.8) is 0 Å². The third kappa shape index (κ3) is 7.24. The molecule has 0 aromatic heterocycles. The number of nitrogens with one attached hydrogen (secondary N) is 1. The molecule has 2 aliphatic rings. The fraction of sp³-hybridized carbons (Fsp3) is 0.483. The molecule has 0 aliphatic carbocycles. The van der Waals surface area contributed by atoms with Crippen molar-refractivity contribution in [1.29, 1.82) is 0 Å². The number of carboxylic acid groups (broad SMARTS) is 1. The van der Waals surface area contributed by atoms with Crippen LogP contribution in [0.25, 0.3) is 0 Å². The van der Waals surface area contributed by atoms with Crippen LogP contribution in [-0.4, -0.2) is 103 Å². The van der Waals surface area contributed by atoms with Gasteiger partial charge in [0.2, 0.25) is 10.0 Å². The van der Waals surface area contributed by atoms with Gasteiger partial charge in [-0.1, -0.05) is 44.2 Å². The Bertz CT molecular complexity index is 1340. The average molecular weight is 587 g/mol. The average Bonchev–Trinajstić information content (AvgIpc) is 3.33. The number of likely N-dealkylation sites (tertiary alicyclic amines) is 1. The number of carbonyl (C=O) groups is 3. The molecule has 12 heteroatoms. The summed E-state index contributed by atoms with van der Waals surface area (Å²) in [6, 6.07) is 15.4. The summed E-state index contributed by atoms with van der Waals surface area (Å²) in [5.41, 5.74) is 0.197. The van der Waals surface area contributed by atoms with E-state index in [4.69, 9.17) is 4.74 Å². The Morgan fingerprint density at radius 1 is 1.02 bits per heavy atom. The molecule has 2 N–H and O–H groups in total. The maximum Gasteiger partial charge on any atom is 0.408 e. The van der Waals surface area contributed by atoms with Crippen molar-refractivity contribution in [2.45, 2.75) is 38.3 Å². The normalized spacial score (nSPS) is 22.0. The number of benzene rings is 2. The van der Waals surface area contributed by atoms with E-state index < -0.39 is 33.5 Å². The minimum atomic E-state index is -3.32. The molecule has 41 heavy (non-hydrogen) atoms. The molecule has 2 aromatic carbocycles. The van der Waals surface area contributed by atoms with Gasteiger partial charge in [0.05, 0.1) is 18.4 Å². The standard InChI is InChI=1S/C29H38N4O7S/c1-21(2)20-40-26(34)23-9-11-24(12-10-23)30-27(35)29(17-22-7-5-4-6-8-22)18-25(19-33(29)28(36)37)31-13-15-32(16-14-31)41(3,38)39/h4-12,21,25H,13-20H2,1-3H3,(H,30,35)(H,36,37)/t25-,29-/m0/s1. The first-order valence-corrected chi connectivity index (χ1v) is 15.6. The quantitative estimate of drug-likeness (QED) is 0.428. The highest BCUT2D eigenvalue weighted by molar-refractivity contribution is 7.88. The molecule has 0 bridgehead atoms. The summed E-state index contributed by atoms with van der Waals surface area (Å²) in [6.45, 7) is 5.83. The van der Waals surface area contributed by atoms with Crippen molar-refractivity contribution in [3.8, 4) is 0 Å². The lowest BCUT2D eigenvalue weighted by molar-refractivity contribution is -0.125. The highest BCUT2D eigenvalue weighted by atomic mass is 32.2. The van der Waals surface area contributed by atoms with E-state index >= 15 is 0 Å². The lowest BCUT2D eigenvalue weighted by Crippen LogP contribution is -2.56. The number of piperazine rings is 1. The predicted molar refractivity (Wildman–Crippen MR) is 154 cm³/mol. The summed E-state index contributed by atoms with van der Waals surface area (Å²) in [6.07, 6.45) is 0.404. The first kappa shape index (κ1) is 30.5. The van der Waals surface area contributed by atoms with Crippen LogP contribution in [-0.2, 0) is 26.0 Å². The van der Waals surface area contributed by atoms with Crippen LogP contribution in [0.5, 0.6) is 0 Å². The van der Waals surface area contributed by atoms with E-state index in [9.17, 15) is 27.9 Å². The van der Waals surface area contributed by atoms with Crippen molar-refractivity contribution in [3.05, 3.63) is 65.7 Å². The summed E-state index contributed by atoms with van der Waals surface area (Å²) in [5.74, 6) is -0.714. The van der Waals surface area contributed by atoms with Crippen LogP contribution in [0.3, 0.4) is 0 Å². The number of nitrogens with zero attached hydrogens (tertiary/aromatic N) is 3. The minimum absolute atomic E-state index is 0.120. The van der Waals surface area contributed by atoms with Gasteiger partial charge in [0.25, 0.3) is 5.91 Å². The van der Waals surface area contributed by atoms with Crippen LogP contribution in [0.1, 0.15) is 36.2 Å². The molecule has 2 aromatic rings. The van der Waals surface area contributed by atoms with Crippen LogP contribution in [0.15, 0.2) is 54.6 Å². The van der Waals surface area contributed by atoms with Gasteiger partial charge < -0.3 is 15.2 Å². The van der Waals surface area contributed by atoms with Crippen LogP contribution in [0, 0.1) is 5.92 Å². The Morgan fingerprint density at radius 3 is 2.22 bits per heavy atom. The molecule has 11 nitrogen and oxygen atoms in total. The Morgan fingerprint density at radius 2 is 1.66 bits per heavy atom. The molecule has 2 saturated heterocycles. The molecule has 2 amide bonds. The second kappa shape index (κ2) is 12.6. The summed E-state index contributed by atoms with van der Waals surface area (Å²) in [4.78, 5) is 42.2. The maximum atomic E-state index is 14.1. The van der Waals surface area contributed by atoms with Gasteiger partial charge in [0.15, 0.2) is 0 Å². The Balaban J connectivity index is 1.57. The highest BCUT2D eigenvalue weighted by Crippen LogP contribution is 2.37. The van der Waals surface area contributed by atoms with Crippen molar-refractivity contribution in [2.24, 2.45) is 5.92 Å². The number of hydrogen-bond acceptors (Lipinski definition) is 7. The molecule has 2 heterocycles. The monoisotopic (exact) mass is 586 g/mol. The molecule has 0 radical (unpaired) electrons. The van der Waals surface area contributed by atoms with Gasteiger partial charge in [-0.2, -0.15) is 4.31 Å². The number of ether oxygens (including phenoxy) is 1. The summed E-state index contributed by atoms with van der Waals surface area (Å²) in [7, 11) is -3.32. The molecule has 2 fully saturated rings. The van der Waals surface area contributed by atoms with Crippen LogP contribution in [0.2, 0.25) is 0 Å². The van der Waals surface area contributed by atoms with E-state index in [0.717, 1.165) is 5.56 Å². The molecular weight excluding hydrogens is 548 g/mol. The van der Waals surface area contributed by atoms with E-state index in [1.807, 2.05) is 44.2 Å². The van der Waals surface area contributed by atoms with Crippen molar-refractivity contribution in [2.75, 3.05) is 50.9 Å². The van der Waals surface area contributed by atoms with Gasteiger partial charge in [0, 0.05) is 50.9 Å². The molecule has 0 unspecified atom stereocenters. The van der Waals surface area contributed by atoms with E-state index in [-0.39, 0.29) is 31.3 Å². The molecule has 2 aliphatic heterocycles. The number of anilines is 1. The Hall–Kier alpha value is -3.48. The Labute approximate surface area is 241 Å². The van der Waals surface area contributed by atoms with Gasteiger partial charge in [0.1, 0.15) is 5.54 Å². The van der Waals surface area contributed by atoms with E-state index in [1.54, 1.807) is 24.3 Å². The van der Waals surface area contributed by atoms with Crippen molar-refractivity contribution >= 4 is 33.7 Å². The fourth-order valence-corrected chi connectivity index (χ4v) is 6.34. The van der Waals surface area contributed by atoms with Crippen LogP contribution >= 0.6 is 0 Å². The summed E-state index contributed by atoms with van der Waals surface area (Å²) in [5, 5.41) is 13.2. The number of hydrogen-bond donors (Lipinski definition) is 2. The fourth-order valence-electron chi connectivity index (χ4n) is 5.52. The number of rotatable bonds is 9. The van der Waals surface area contributed by atoms with Gasteiger partial charge >= 0.3 is 12.1 Å². The molecule has 2 atom stereocenters. The first-order valence-electron chi connectivity index (χ1n) is 13.7. The zero-order chi connectivity index (χ0) is 29.8. The zero-order valence-corrected chi connectivity index (χ0v) is 24.5. The second-order valence-corrected chi connectivity index (χ2v) is 13.1. The largest absolute Gasteiger partial charge is 0.465 e. The zero-order valence-electron chi connectivity index (χ0n) is 23.7. The second-order valence-electron chi connectivity index (χ2n) is 11.2. The summed E-state index contributed by atoms with van der Waals surface area (Å²) >= 11 is 0. The third-order valence-corrected chi connectivity index (χ3v) is 8.96. The van der Waals surface area contributed by atoms with E-state index in [0.29, 0.717) is 44.0 Å². The minimum Gasteiger partial charge on any atom is -0.465 e. The van der Waals surface area contributed by atoms with Crippen LogP contribution in [0.4, 0.5) is 10.5 Å². The van der Waals surface area contributed by atoms with E-state index in [1.165, 1.54) is 15.5 Å². The first-order chi connectivity index (χ1) is 19.4. The van der Waals surface area contributed by atoms with Gasteiger partial charge in [-0.3, -0.25) is 14.6 Å². The molecule has 0 saturated carbocycles. The predicted octanol–water partition coefficient (Wildman–Crippen LogP) is 2.75. The summed E-state index contributed by atoms with van der Waals surface area (Å²) < 4.78 is 30.7. The number of esters is 1. The number of sulfonamides is 1. The number of amides is 2. The third-order valence-electron chi connectivity index (χ3n) is 7.66. The number of carbonyl (C=O) groups excluding carboxylic acids is 2. The van der Waals surface area contributed by atoms with E-state index in [2.05, 4.69) is 10.2 Å². The lowest BCUT2D eigenvalue weighted by Gasteiger charge is -2.37. The van der Waals surface area contributed by atoms with Crippen molar-refractivity contribution < 1.29 is 32.6 Å². The Kier molecular flexibility index (Phi) is 9.35. The van der Waals surface area contributed by atoms with Crippen LogP contribution < -0.4 is 5.32 Å². The highest BCUT2D eigenvalue weighted by Gasteiger charge is 2.55. The molecular formula is C29H38N4O7S. The van der Waals surface area contributed by atoms with Crippen molar-refractivity contribution in [1.82, 2.24) is 14.1 Å². The SMILES string of the molecule is CC(C)COC(=O)c1ccc(NC(=O)[C@]2(Cc3ccccc3)C[C@H](N3CCN(S(C)(=O)=O)CC3)CN2C(=O)O)cc1. The van der Waals surface area contributed by atoms with Gasteiger partial charge in [-0.05, 0) is 42.2 Å². The molecule has 4 rings (SSSR count). The van der Waals surface area contributed by atoms with Gasteiger partial charge in [-0.25, -0.2) is 18.0 Å². The topological polar surface area (TPSA) is 137 Å². The van der Waals surface area contributed by atoms with Gasteiger partial charge in [-0.15, -0.1) is 0 Å². The maximum absolute atomic E-state index is 14.1. The molecule has 222 valence electrons.